The fourth-order valence-corrected chi connectivity index (χ4v) is 2.20. The number of ketones is 1. The zero-order valence-electron chi connectivity index (χ0n) is 9.47. The second-order valence-electron chi connectivity index (χ2n) is 4.27. The third-order valence-corrected chi connectivity index (χ3v) is 3.22. The minimum Gasteiger partial charge on any atom is -0.371 e. The number of benzene rings is 1. The number of aliphatic hydroxyl groups excluding tert-OH is 1. The van der Waals surface area contributed by atoms with E-state index in [1.54, 1.807) is 0 Å². The summed E-state index contributed by atoms with van der Waals surface area (Å²) in [6.45, 7) is 2.81. The second-order valence-corrected chi connectivity index (χ2v) is 4.27. The molecule has 0 amide bonds. The number of Topliss-reactive ketones (excluding diaryl/α,β-unsaturated/α-hetero) is 1. The molecule has 1 fully saturated rings. The summed E-state index contributed by atoms with van der Waals surface area (Å²) in [6, 6.07) is 10.1. The topological polar surface area (TPSA) is 40.5 Å². The van der Waals surface area contributed by atoms with Crippen molar-refractivity contribution in [1.82, 2.24) is 4.90 Å². The molecule has 86 valence electrons. The predicted molar refractivity (Wildman–Crippen MR) is 61.8 cm³/mol. The van der Waals surface area contributed by atoms with Crippen LogP contribution >= 0.6 is 0 Å². The maximum atomic E-state index is 11.4. The monoisotopic (exact) mass is 219 g/mol. The molecular weight excluding hydrogens is 202 g/mol. The summed E-state index contributed by atoms with van der Waals surface area (Å²) in [5.41, 5.74) is 1.14. The van der Waals surface area contributed by atoms with E-state index in [9.17, 15) is 9.90 Å². The molecule has 1 aliphatic heterocycles. The van der Waals surface area contributed by atoms with Gasteiger partial charge in [0.1, 0.15) is 0 Å². The lowest BCUT2D eigenvalue weighted by atomic mass is 10.0. The van der Waals surface area contributed by atoms with E-state index in [1.807, 2.05) is 42.2 Å². The summed E-state index contributed by atoms with van der Waals surface area (Å²) in [5.74, 6) is -0.0611. The molecule has 0 radical (unpaired) electrons. The van der Waals surface area contributed by atoms with E-state index in [0.29, 0.717) is 6.42 Å². The first kappa shape index (κ1) is 11.3. The number of nitrogens with zero attached hydrogens (tertiary/aromatic N) is 1. The number of carbonyl (C=O) groups is 1. The van der Waals surface area contributed by atoms with Gasteiger partial charge in [-0.25, -0.2) is 0 Å². The highest BCUT2D eigenvalue weighted by atomic mass is 16.3. The minimum atomic E-state index is -0.927. The Morgan fingerprint density at radius 3 is 2.75 bits per heavy atom. The maximum Gasteiger partial charge on any atom is 0.176 e. The number of piperidine rings is 1. The summed E-state index contributed by atoms with van der Waals surface area (Å²) in [6.07, 6.45) is 0.413. The van der Waals surface area contributed by atoms with Crippen LogP contribution in [-0.4, -0.2) is 28.6 Å². The van der Waals surface area contributed by atoms with Gasteiger partial charge in [-0.2, -0.15) is 0 Å². The molecule has 1 unspecified atom stereocenters. The third-order valence-electron chi connectivity index (χ3n) is 3.22. The van der Waals surface area contributed by atoms with Crippen LogP contribution in [0.5, 0.6) is 0 Å². The van der Waals surface area contributed by atoms with Gasteiger partial charge in [-0.05, 0) is 18.9 Å². The van der Waals surface area contributed by atoms with Crippen molar-refractivity contribution in [2.75, 3.05) is 6.54 Å². The Morgan fingerprint density at radius 1 is 1.38 bits per heavy atom. The van der Waals surface area contributed by atoms with Crippen LogP contribution in [-0.2, 0) is 4.79 Å². The first-order chi connectivity index (χ1) is 7.70. The Bertz CT molecular complexity index is 363. The molecule has 1 saturated heterocycles. The van der Waals surface area contributed by atoms with E-state index in [2.05, 4.69) is 0 Å². The third kappa shape index (κ3) is 2.15. The Kier molecular flexibility index (Phi) is 3.36. The number of carbonyl (C=O) groups excluding carboxylic acids is 1. The number of hydrogen-bond donors (Lipinski definition) is 1. The second kappa shape index (κ2) is 4.76. The van der Waals surface area contributed by atoms with Crippen molar-refractivity contribution in [3.05, 3.63) is 35.9 Å². The van der Waals surface area contributed by atoms with Gasteiger partial charge < -0.3 is 5.11 Å². The molecule has 1 heterocycles. The van der Waals surface area contributed by atoms with Crippen molar-refractivity contribution in [3.63, 3.8) is 0 Å². The van der Waals surface area contributed by atoms with Crippen molar-refractivity contribution >= 4 is 5.78 Å². The SMILES string of the molecule is CC(c1ccccc1)N1CCCC(=O)[C@@H]1O. The molecule has 3 heteroatoms. The first-order valence-electron chi connectivity index (χ1n) is 5.71. The predicted octanol–water partition coefficient (Wildman–Crippen LogP) is 1.73. The molecule has 0 aliphatic carbocycles. The summed E-state index contributed by atoms with van der Waals surface area (Å²) in [5, 5.41) is 9.85. The average molecular weight is 219 g/mol. The van der Waals surface area contributed by atoms with E-state index in [-0.39, 0.29) is 11.8 Å². The fraction of sp³-hybridized carbons (Fsp3) is 0.462. The average Bonchev–Trinajstić information content (AvgIpc) is 2.33. The van der Waals surface area contributed by atoms with Crippen LogP contribution in [0.25, 0.3) is 0 Å². The molecule has 1 aromatic rings. The standard InChI is InChI=1S/C13H17NO2/c1-10(11-6-3-2-4-7-11)14-9-5-8-12(15)13(14)16/h2-4,6-7,10,13,16H,5,8-9H2,1H3/t10?,13-/m0/s1. The van der Waals surface area contributed by atoms with Crippen LogP contribution in [0.1, 0.15) is 31.4 Å². The zero-order valence-corrected chi connectivity index (χ0v) is 9.47. The molecule has 0 bridgehead atoms. The Labute approximate surface area is 95.7 Å². The first-order valence-corrected chi connectivity index (χ1v) is 5.71. The van der Waals surface area contributed by atoms with Crippen LogP contribution in [0.2, 0.25) is 0 Å². The summed E-state index contributed by atoms with van der Waals surface area (Å²) < 4.78 is 0. The lowest BCUT2D eigenvalue weighted by Crippen LogP contribution is -2.46. The molecule has 3 nitrogen and oxygen atoms in total. The maximum absolute atomic E-state index is 11.4. The molecule has 0 aromatic heterocycles. The summed E-state index contributed by atoms with van der Waals surface area (Å²) in [7, 11) is 0. The van der Waals surface area contributed by atoms with Crippen LogP contribution in [0.15, 0.2) is 30.3 Å². The highest BCUT2D eigenvalue weighted by Gasteiger charge is 2.31. The molecular formula is C13H17NO2. The van der Waals surface area contributed by atoms with Gasteiger partial charge in [-0.1, -0.05) is 30.3 Å². The number of rotatable bonds is 2. The molecule has 0 spiro atoms. The van der Waals surface area contributed by atoms with Crippen LogP contribution < -0.4 is 0 Å². The van der Waals surface area contributed by atoms with Gasteiger partial charge in [0.2, 0.25) is 0 Å². The molecule has 2 rings (SSSR count). The molecule has 1 aromatic carbocycles. The van der Waals surface area contributed by atoms with Crippen molar-refractivity contribution in [2.45, 2.75) is 32.0 Å². The lowest BCUT2D eigenvalue weighted by molar-refractivity contribution is -0.144. The Balaban J connectivity index is 2.15. The highest BCUT2D eigenvalue weighted by molar-refractivity contribution is 5.83. The van der Waals surface area contributed by atoms with Gasteiger partial charge in [-0.15, -0.1) is 0 Å². The zero-order chi connectivity index (χ0) is 11.5. The quantitative estimate of drug-likeness (QED) is 0.823. The van der Waals surface area contributed by atoms with E-state index in [4.69, 9.17) is 0 Å². The molecule has 1 N–H and O–H groups in total. The summed E-state index contributed by atoms with van der Waals surface area (Å²) in [4.78, 5) is 13.3. The highest BCUT2D eigenvalue weighted by Crippen LogP contribution is 2.25. The lowest BCUT2D eigenvalue weighted by Gasteiger charge is -2.35. The fourth-order valence-electron chi connectivity index (χ4n) is 2.20. The normalized spacial score (nSPS) is 24.4. The van der Waals surface area contributed by atoms with E-state index in [1.165, 1.54) is 0 Å². The molecule has 2 atom stereocenters. The van der Waals surface area contributed by atoms with Gasteiger partial charge in [0.25, 0.3) is 0 Å². The van der Waals surface area contributed by atoms with E-state index in [0.717, 1.165) is 18.5 Å². The van der Waals surface area contributed by atoms with E-state index < -0.39 is 6.23 Å². The number of likely N-dealkylation sites (tertiary alicyclic amines) is 1. The van der Waals surface area contributed by atoms with Gasteiger partial charge in [0, 0.05) is 19.0 Å². The molecule has 16 heavy (non-hydrogen) atoms. The smallest absolute Gasteiger partial charge is 0.176 e. The largest absolute Gasteiger partial charge is 0.371 e. The van der Waals surface area contributed by atoms with Crippen LogP contribution in [0.3, 0.4) is 0 Å². The molecule has 1 aliphatic rings. The van der Waals surface area contributed by atoms with Crippen molar-refractivity contribution in [2.24, 2.45) is 0 Å². The number of hydrogen-bond acceptors (Lipinski definition) is 3. The van der Waals surface area contributed by atoms with Gasteiger partial charge >= 0.3 is 0 Å². The van der Waals surface area contributed by atoms with Gasteiger partial charge in [-0.3, -0.25) is 9.69 Å². The molecule has 0 saturated carbocycles. The van der Waals surface area contributed by atoms with Crippen molar-refractivity contribution in [3.8, 4) is 0 Å². The van der Waals surface area contributed by atoms with Gasteiger partial charge in [0.15, 0.2) is 12.0 Å². The van der Waals surface area contributed by atoms with Crippen molar-refractivity contribution < 1.29 is 9.90 Å². The van der Waals surface area contributed by atoms with Crippen LogP contribution in [0, 0.1) is 0 Å². The van der Waals surface area contributed by atoms with E-state index >= 15 is 0 Å². The Hall–Kier alpha value is -1.19. The summed E-state index contributed by atoms with van der Waals surface area (Å²) >= 11 is 0. The Morgan fingerprint density at radius 2 is 2.06 bits per heavy atom. The minimum absolute atomic E-state index is 0.0611. The van der Waals surface area contributed by atoms with Crippen LogP contribution in [0.4, 0.5) is 0 Å². The van der Waals surface area contributed by atoms with Gasteiger partial charge in [0.05, 0.1) is 0 Å². The number of aliphatic hydroxyl groups is 1. The van der Waals surface area contributed by atoms with Crippen molar-refractivity contribution in [1.29, 1.82) is 0 Å².